The first kappa shape index (κ1) is 23.2. The zero-order valence-corrected chi connectivity index (χ0v) is 19.6. The second-order valence-electron chi connectivity index (χ2n) is 8.35. The van der Waals surface area contributed by atoms with Crippen LogP contribution in [-0.2, 0) is 29.6 Å². The van der Waals surface area contributed by atoms with Gasteiger partial charge >= 0.3 is 5.69 Å². The third-order valence-corrected chi connectivity index (χ3v) is 6.22. The molecule has 1 N–H and O–H groups in total. The smallest absolute Gasteiger partial charge is 0.332 e. The zero-order valence-electron chi connectivity index (χ0n) is 19.6. The van der Waals surface area contributed by atoms with Gasteiger partial charge in [0.25, 0.3) is 5.56 Å². The number of hydrogen-bond acceptors (Lipinski definition) is 6. The van der Waals surface area contributed by atoms with Crippen molar-refractivity contribution >= 4 is 34.2 Å². The van der Waals surface area contributed by atoms with E-state index in [-0.39, 0.29) is 16.9 Å². The Morgan fingerprint density at radius 3 is 2.32 bits per heavy atom. The summed E-state index contributed by atoms with van der Waals surface area (Å²) >= 11 is 0. The number of carbonyl (C=O) groups excluding carboxylic acids is 2. The van der Waals surface area contributed by atoms with E-state index in [0.717, 1.165) is 16.6 Å². The lowest BCUT2D eigenvalue weighted by Crippen LogP contribution is -2.49. The van der Waals surface area contributed by atoms with Gasteiger partial charge in [0.15, 0.2) is 5.65 Å². The van der Waals surface area contributed by atoms with Crippen molar-refractivity contribution in [2.45, 2.75) is 26.8 Å². The summed E-state index contributed by atoms with van der Waals surface area (Å²) in [6.07, 6.45) is 2.45. The van der Waals surface area contributed by atoms with E-state index < -0.39 is 23.7 Å². The Kier molecular flexibility index (Phi) is 6.49. The highest BCUT2D eigenvalue weighted by atomic mass is 16.2. The fraction of sp³-hybridized carbons (Fsp3) is 0.375. The number of rotatable bonds is 5. The molecule has 4 rings (SSSR count). The molecule has 0 saturated carbocycles. The Morgan fingerprint density at radius 2 is 1.71 bits per heavy atom. The number of pyridine rings is 1. The molecule has 0 radical (unpaired) electrons. The predicted molar refractivity (Wildman–Crippen MR) is 130 cm³/mol. The summed E-state index contributed by atoms with van der Waals surface area (Å²) in [6.45, 7) is 5.35. The molecule has 1 aromatic carbocycles. The molecule has 0 unspecified atom stereocenters. The molecule has 10 nitrogen and oxygen atoms in total. The van der Waals surface area contributed by atoms with Crippen LogP contribution < -0.4 is 21.5 Å². The van der Waals surface area contributed by atoms with Gasteiger partial charge in [-0.1, -0.05) is 19.1 Å². The lowest BCUT2D eigenvalue weighted by Gasteiger charge is -2.36. The zero-order chi connectivity index (χ0) is 24.4. The van der Waals surface area contributed by atoms with Crippen LogP contribution in [0.5, 0.6) is 0 Å². The van der Waals surface area contributed by atoms with E-state index in [1.807, 2.05) is 24.0 Å². The van der Waals surface area contributed by atoms with Gasteiger partial charge in [0, 0.05) is 52.0 Å². The Balaban J connectivity index is 1.67. The maximum Gasteiger partial charge on any atom is 0.332 e. The van der Waals surface area contributed by atoms with Crippen molar-refractivity contribution in [3.8, 4) is 0 Å². The Morgan fingerprint density at radius 1 is 1.03 bits per heavy atom. The van der Waals surface area contributed by atoms with Crippen LogP contribution in [0.2, 0.25) is 0 Å². The number of aromatic nitrogens is 3. The summed E-state index contributed by atoms with van der Waals surface area (Å²) < 4.78 is 2.23. The van der Waals surface area contributed by atoms with Gasteiger partial charge in [0.2, 0.25) is 11.8 Å². The largest absolute Gasteiger partial charge is 0.367 e. The van der Waals surface area contributed by atoms with Crippen molar-refractivity contribution in [1.82, 2.24) is 19.0 Å². The molecule has 1 saturated heterocycles. The van der Waals surface area contributed by atoms with Gasteiger partial charge in [0.1, 0.15) is 11.9 Å². The first-order valence-electron chi connectivity index (χ1n) is 11.3. The maximum absolute atomic E-state index is 13.4. The molecule has 3 heterocycles. The number of nitrogens with zero attached hydrogens (tertiary/aromatic N) is 5. The second kappa shape index (κ2) is 9.50. The highest BCUT2D eigenvalue weighted by molar-refractivity contribution is 5.92. The van der Waals surface area contributed by atoms with Gasteiger partial charge in [-0.3, -0.25) is 23.5 Å². The first-order valence-corrected chi connectivity index (χ1v) is 11.3. The quantitative estimate of drug-likeness (QED) is 0.603. The summed E-state index contributed by atoms with van der Waals surface area (Å²) in [5, 5.41) is 3.03. The number of carbonyl (C=O) groups is 2. The number of aryl methyl sites for hydroxylation is 2. The molecule has 1 aliphatic rings. The van der Waals surface area contributed by atoms with Gasteiger partial charge in [-0.2, -0.15) is 0 Å². The topological polar surface area (TPSA) is 110 Å². The number of anilines is 2. The molecule has 1 fully saturated rings. The number of hydrogen-bond donors (Lipinski definition) is 1. The highest BCUT2D eigenvalue weighted by Crippen LogP contribution is 2.23. The molecule has 3 aromatic rings. The molecule has 0 spiro atoms. The highest BCUT2D eigenvalue weighted by Gasteiger charge is 2.24. The average molecular weight is 465 g/mol. The Hall–Kier alpha value is -3.95. The molecule has 2 aromatic heterocycles. The summed E-state index contributed by atoms with van der Waals surface area (Å²) in [7, 11) is 1.53. The average Bonchev–Trinajstić information content (AvgIpc) is 2.85. The Bertz CT molecular complexity index is 1350. The van der Waals surface area contributed by atoms with Crippen molar-refractivity contribution < 1.29 is 9.59 Å². The van der Waals surface area contributed by atoms with E-state index in [0.29, 0.717) is 37.6 Å². The van der Waals surface area contributed by atoms with Crippen molar-refractivity contribution in [1.29, 1.82) is 0 Å². The van der Waals surface area contributed by atoms with Crippen molar-refractivity contribution in [3.63, 3.8) is 0 Å². The molecule has 2 amide bonds. The summed E-state index contributed by atoms with van der Waals surface area (Å²) in [5.41, 5.74) is 1.46. The number of nitrogens with one attached hydrogen (secondary N) is 1. The predicted octanol–water partition coefficient (Wildman–Crippen LogP) is 0.965. The minimum absolute atomic E-state index is 0.0133. The molecule has 0 bridgehead atoms. The molecule has 1 aliphatic heterocycles. The molecular formula is C24H28N6O4. The minimum atomic E-state index is -0.611. The summed E-state index contributed by atoms with van der Waals surface area (Å²) in [5.74, 6) is -0.456. The SMILES string of the molecule is CCc1ccc(NC(=O)Cn2c(=O)c3c(N4CCN(C(C)=O)CC4)ccnc3n(C)c2=O)cc1. The van der Waals surface area contributed by atoms with E-state index in [1.54, 1.807) is 29.3 Å². The van der Waals surface area contributed by atoms with Crippen LogP contribution in [0.3, 0.4) is 0 Å². The van der Waals surface area contributed by atoms with Gasteiger partial charge in [-0.25, -0.2) is 9.78 Å². The van der Waals surface area contributed by atoms with Crippen molar-refractivity contribution in [2.75, 3.05) is 36.4 Å². The monoisotopic (exact) mass is 464 g/mol. The van der Waals surface area contributed by atoms with Crippen molar-refractivity contribution in [2.24, 2.45) is 7.05 Å². The van der Waals surface area contributed by atoms with E-state index in [9.17, 15) is 19.2 Å². The van der Waals surface area contributed by atoms with Gasteiger partial charge in [-0.15, -0.1) is 0 Å². The molecule has 0 atom stereocenters. The van der Waals surface area contributed by atoms with Crippen LogP contribution in [0.4, 0.5) is 11.4 Å². The van der Waals surface area contributed by atoms with Crippen LogP contribution >= 0.6 is 0 Å². The molecule has 0 aliphatic carbocycles. The van der Waals surface area contributed by atoms with E-state index >= 15 is 0 Å². The van der Waals surface area contributed by atoms with Gasteiger partial charge < -0.3 is 15.1 Å². The van der Waals surface area contributed by atoms with Crippen LogP contribution in [0, 0.1) is 0 Å². The van der Waals surface area contributed by atoms with E-state index in [4.69, 9.17) is 0 Å². The van der Waals surface area contributed by atoms with Gasteiger partial charge in [0.05, 0.1) is 5.69 Å². The molecule has 34 heavy (non-hydrogen) atoms. The van der Waals surface area contributed by atoms with Crippen LogP contribution in [0.25, 0.3) is 11.0 Å². The second-order valence-corrected chi connectivity index (χ2v) is 8.35. The maximum atomic E-state index is 13.4. The molecular weight excluding hydrogens is 436 g/mol. The fourth-order valence-corrected chi connectivity index (χ4v) is 4.23. The number of amides is 2. The lowest BCUT2D eigenvalue weighted by atomic mass is 10.1. The fourth-order valence-electron chi connectivity index (χ4n) is 4.23. The molecule has 178 valence electrons. The summed E-state index contributed by atoms with van der Waals surface area (Å²) in [6, 6.07) is 9.15. The molecule has 10 heteroatoms. The van der Waals surface area contributed by atoms with Crippen LogP contribution in [0.15, 0.2) is 46.1 Å². The Labute approximate surface area is 196 Å². The lowest BCUT2D eigenvalue weighted by molar-refractivity contribution is -0.129. The van der Waals surface area contributed by atoms with E-state index in [2.05, 4.69) is 10.3 Å². The normalized spacial score (nSPS) is 13.9. The number of benzene rings is 1. The summed E-state index contributed by atoms with van der Waals surface area (Å²) in [4.78, 5) is 58.8. The third kappa shape index (κ3) is 4.43. The first-order chi connectivity index (χ1) is 16.3. The minimum Gasteiger partial charge on any atom is -0.367 e. The standard InChI is InChI=1S/C24H28N6O4/c1-4-17-5-7-18(8-6-17)26-20(32)15-30-23(33)21-19(9-10-25-22(21)27(3)24(30)34)29-13-11-28(12-14-29)16(2)31/h5-10H,4,11-15H2,1-3H3,(H,26,32). The number of piperazine rings is 1. The third-order valence-electron chi connectivity index (χ3n) is 6.22. The van der Waals surface area contributed by atoms with Crippen molar-refractivity contribution in [3.05, 3.63) is 62.9 Å². The van der Waals surface area contributed by atoms with Crippen LogP contribution in [-0.4, -0.2) is 57.0 Å². The van der Waals surface area contributed by atoms with Gasteiger partial charge in [-0.05, 0) is 30.2 Å². The van der Waals surface area contributed by atoms with E-state index in [1.165, 1.54) is 18.5 Å². The van der Waals surface area contributed by atoms with Crippen LogP contribution in [0.1, 0.15) is 19.4 Å². The number of fused-ring (bicyclic) bond motifs is 1.